The quantitative estimate of drug-likeness (QED) is 0.450. The third kappa shape index (κ3) is 5.38. The Kier molecular flexibility index (Phi) is 6.75. The zero-order valence-electron chi connectivity index (χ0n) is 16.7. The minimum Gasteiger partial charge on any atom is -0.486 e. The number of fused-ring (bicyclic) bond motifs is 1. The topological polar surface area (TPSA) is 123 Å². The van der Waals surface area contributed by atoms with Gasteiger partial charge in [0.1, 0.15) is 18.4 Å². The van der Waals surface area contributed by atoms with Crippen LogP contribution < -0.4 is 19.5 Å². The van der Waals surface area contributed by atoms with E-state index in [2.05, 4.69) is 10.0 Å². The highest BCUT2D eigenvalue weighted by atomic mass is 32.2. The van der Waals surface area contributed by atoms with Crippen LogP contribution in [0, 0.1) is 10.1 Å². The first kappa shape index (κ1) is 21.8. The van der Waals surface area contributed by atoms with Crippen LogP contribution in [0.5, 0.6) is 11.5 Å². The zero-order valence-corrected chi connectivity index (χ0v) is 17.5. The van der Waals surface area contributed by atoms with E-state index < -0.39 is 14.9 Å². The molecule has 0 spiro atoms. The van der Waals surface area contributed by atoms with E-state index in [0.717, 1.165) is 6.07 Å². The van der Waals surface area contributed by atoms with Crippen molar-refractivity contribution in [2.24, 2.45) is 0 Å². The lowest BCUT2D eigenvalue weighted by molar-refractivity contribution is -0.384. The number of ether oxygens (including phenoxy) is 2. The third-order valence-electron chi connectivity index (χ3n) is 4.42. The number of nitrogens with one attached hydrogen (secondary N) is 2. The molecule has 2 aromatic carbocycles. The van der Waals surface area contributed by atoms with Crippen molar-refractivity contribution in [2.45, 2.75) is 11.0 Å². The first-order chi connectivity index (χ1) is 14.3. The summed E-state index contributed by atoms with van der Waals surface area (Å²) in [6.07, 6.45) is -0.351. The summed E-state index contributed by atoms with van der Waals surface area (Å²) in [7, 11) is -0.214. The lowest BCUT2D eigenvalue weighted by Crippen LogP contribution is -2.35. The fourth-order valence-corrected chi connectivity index (χ4v) is 3.89. The van der Waals surface area contributed by atoms with Gasteiger partial charge in [-0.15, -0.1) is 0 Å². The molecule has 0 radical (unpaired) electrons. The van der Waals surface area contributed by atoms with Crippen molar-refractivity contribution >= 4 is 21.4 Å². The van der Waals surface area contributed by atoms with Gasteiger partial charge in [-0.2, -0.15) is 0 Å². The summed E-state index contributed by atoms with van der Waals surface area (Å²) < 4.78 is 38.7. The lowest BCUT2D eigenvalue weighted by atomic mass is 10.2. The first-order valence-electron chi connectivity index (χ1n) is 9.31. The van der Waals surface area contributed by atoms with Crippen LogP contribution in [0.2, 0.25) is 0 Å². The molecule has 30 heavy (non-hydrogen) atoms. The predicted octanol–water partition coefficient (Wildman–Crippen LogP) is 1.69. The smallest absolute Gasteiger partial charge is 0.293 e. The number of sulfonamides is 1. The molecule has 162 valence electrons. The average molecular weight is 436 g/mol. The molecule has 0 saturated carbocycles. The van der Waals surface area contributed by atoms with E-state index in [1.807, 2.05) is 31.1 Å². The number of hydrogen-bond acceptors (Lipinski definition) is 8. The Hall–Kier alpha value is -2.89. The molecule has 0 bridgehead atoms. The van der Waals surface area contributed by atoms with E-state index in [9.17, 15) is 18.5 Å². The molecule has 1 heterocycles. The van der Waals surface area contributed by atoms with Crippen LogP contribution in [-0.4, -0.2) is 64.7 Å². The van der Waals surface area contributed by atoms with Gasteiger partial charge in [0.2, 0.25) is 10.0 Å². The van der Waals surface area contributed by atoms with Crippen LogP contribution in [-0.2, 0) is 10.0 Å². The van der Waals surface area contributed by atoms with Gasteiger partial charge >= 0.3 is 0 Å². The lowest BCUT2D eigenvalue weighted by Gasteiger charge is -2.26. The van der Waals surface area contributed by atoms with Gasteiger partial charge in [-0.3, -0.25) is 10.1 Å². The minimum absolute atomic E-state index is 0.162. The Morgan fingerprint density at radius 1 is 1.20 bits per heavy atom. The molecule has 0 saturated heterocycles. The number of likely N-dealkylation sites (N-methyl/N-ethyl adjacent to an activating group) is 1. The van der Waals surface area contributed by atoms with Gasteiger partial charge in [-0.1, -0.05) is 12.1 Å². The highest BCUT2D eigenvalue weighted by Crippen LogP contribution is 2.32. The molecule has 2 aromatic rings. The Morgan fingerprint density at radius 3 is 2.63 bits per heavy atom. The Bertz CT molecular complexity index is 1010. The summed E-state index contributed by atoms with van der Waals surface area (Å²) in [4.78, 5) is 12.6. The number of rotatable bonds is 9. The molecule has 0 aliphatic carbocycles. The average Bonchev–Trinajstić information content (AvgIpc) is 2.71. The highest BCUT2D eigenvalue weighted by molar-refractivity contribution is 7.89. The number of para-hydroxylation sites is 2. The summed E-state index contributed by atoms with van der Waals surface area (Å²) in [5, 5.41) is 14.5. The van der Waals surface area contributed by atoms with E-state index in [1.165, 1.54) is 12.1 Å². The Balaban J connectivity index is 1.69. The molecule has 0 aromatic heterocycles. The number of benzene rings is 2. The van der Waals surface area contributed by atoms with E-state index in [0.29, 0.717) is 24.7 Å². The van der Waals surface area contributed by atoms with Gasteiger partial charge in [0.15, 0.2) is 11.5 Å². The van der Waals surface area contributed by atoms with Crippen LogP contribution in [0.3, 0.4) is 0 Å². The second-order valence-corrected chi connectivity index (χ2v) is 8.78. The van der Waals surface area contributed by atoms with Crippen molar-refractivity contribution in [3.05, 3.63) is 52.6 Å². The summed E-state index contributed by atoms with van der Waals surface area (Å²) >= 11 is 0. The summed E-state index contributed by atoms with van der Waals surface area (Å²) in [6, 6.07) is 11.0. The van der Waals surface area contributed by atoms with Crippen molar-refractivity contribution in [1.29, 1.82) is 0 Å². The van der Waals surface area contributed by atoms with Gasteiger partial charge in [0, 0.05) is 19.2 Å². The third-order valence-corrected chi connectivity index (χ3v) is 5.87. The number of hydrogen-bond donors (Lipinski definition) is 2. The molecule has 10 nitrogen and oxygen atoms in total. The maximum absolute atomic E-state index is 12.4. The maximum atomic E-state index is 12.4. The van der Waals surface area contributed by atoms with Crippen LogP contribution in [0.15, 0.2) is 47.4 Å². The minimum atomic E-state index is -3.85. The van der Waals surface area contributed by atoms with E-state index >= 15 is 0 Å². The monoisotopic (exact) mass is 436 g/mol. The standard InChI is InChI=1S/C19H24N4O6S/c1-22(2)10-9-21-30(26,27)15-7-8-16(17(11-15)23(24)25)20-12-14-13-28-18-5-3-4-6-19(18)29-14/h3-8,11,14,20-21H,9-10,12-13H2,1-2H3. The molecule has 1 aliphatic heterocycles. The molecule has 1 aliphatic rings. The second kappa shape index (κ2) is 9.28. The highest BCUT2D eigenvalue weighted by Gasteiger charge is 2.24. The van der Waals surface area contributed by atoms with Crippen molar-refractivity contribution < 1.29 is 22.8 Å². The van der Waals surface area contributed by atoms with Gasteiger partial charge in [0.25, 0.3) is 5.69 Å². The maximum Gasteiger partial charge on any atom is 0.293 e. The molecule has 1 unspecified atom stereocenters. The molecule has 1 atom stereocenters. The van der Waals surface area contributed by atoms with Crippen molar-refractivity contribution in [3.63, 3.8) is 0 Å². The van der Waals surface area contributed by atoms with Crippen molar-refractivity contribution in [2.75, 3.05) is 45.7 Å². The van der Waals surface area contributed by atoms with Gasteiger partial charge in [-0.25, -0.2) is 13.1 Å². The number of nitrogens with zero attached hydrogens (tertiary/aromatic N) is 2. The largest absolute Gasteiger partial charge is 0.486 e. The number of nitro groups is 1. The second-order valence-electron chi connectivity index (χ2n) is 7.02. The molecular weight excluding hydrogens is 412 g/mol. The van der Waals surface area contributed by atoms with Crippen LogP contribution in [0.25, 0.3) is 0 Å². The molecule has 11 heteroatoms. The van der Waals surface area contributed by atoms with Crippen molar-refractivity contribution in [3.8, 4) is 11.5 Å². The van der Waals surface area contributed by atoms with Gasteiger partial charge < -0.3 is 19.7 Å². The fourth-order valence-electron chi connectivity index (χ4n) is 2.85. The van der Waals surface area contributed by atoms with E-state index in [1.54, 1.807) is 12.1 Å². The van der Waals surface area contributed by atoms with Crippen molar-refractivity contribution in [1.82, 2.24) is 9.62 Å². The zero-order chi connectivity index (χ0) is 21.7. The molecule has 2 N–H and O–H groups in total. The SMILES string of the molecule is CN(C)CCNS(=O)(=O)c1ccc(NCC2COc3ccccc3O2)c([N+](=O)[O-])c1. The summed E-state index contributed by atoms with van der Waals surface area (Å²) in [5.74, 6) is 1.26. The van der Waals surface area contributed by atoms with E-state index in [4.69, 9.17) is 9.47 Å². The molecule has 0 amide bonds. The molecule has 0 fully saturated rings. The molecular formula is C19H24N4O6S. The normalized spacial score (nSPS) is 15.8. The van der Waals surface area contributed by atoms with Crippen LogP contribution >= 0.6 is 0 Å². The van der Waals surface area contributed by atoms with E-state index in [-0.39, 0.29) is 35.5 Å². The Morgan fingerprint density at radius 2 is 1.93 bits per heavy atom. The number of anilines is 1. The molecule has 3 rings (SSSR count). The van der Waals surface area contributed by atoms with Gasteiger partial charge in [-0.05, 0) is 38.4 Å². The predicted molar refractivity (Wildman–Crippen MR) is 112 cm³/mol. The summed E-state index contributed by atoms with van der Waals surface area (Å²) in [5.41, 5.74) is -0.127. The first-order valence-corrected chi connectivity index (χ1v) is 10.8. The summed E-state index contributed by atoms with van der Waals surface area (Å²) in [6.45, 7) is 1.25. The van der Waals surface area contributed by atoms with Gasteiger partial charge in [0.05, 0.1) is 16.4 Å². The van der Waals surface area contributed by atoms with Crippen LogP contribution in [0.4, 0.5) is 11.4 Å². The number of nitro benzene ring substituents is 1. The fraction of sp³-hybridized carbons (Fsp3) is 0.368. The van der Waals surface area contributed by atoms with Crippen LogP contribution in [0.1, 0.15) is 0 Å². The Labute approximate surface area is 175 Å².